The van der Waals surface area contributed by atoms with E-state index in [0.717, 1.165) is 12.3 Å². The molecule has 4 aromatic rings. The molecule has 0 bridgehead atoms. The fourth-order valence-electron chi connectivity index (χ4n) is 4.28. The zero-order valence-corrected chi connectivity index (χ0v) is 20.3. The zero-order chi connectivity index (χ0) is 22.3. The van der Waals surface area contributed by atoms with Gasteiger partial charge in [-0.2, -0.15) is 0 Å². The van der Waals surface area contributed by atoms with Gasteiger partial charge in [0, 0.05) is 12.3 Å². The highest BCUT2D eigenvalue weighted by molar-refractivity contribution is 7.73. The van der Waals surface area contributed by atoms with Crippen LogP contribution >= 0.6 is 15.8 Å². The van der Waals surface area contributed by atoms with E-state index in [9.17, 15) is 0 Å². The van der Waals surface area contributed by atoms with E-state index in [1.165, 1.54) is 21.2 Å². The average molecular weight is 470 g/mol. The van der Waals surface area contributed by atoms with E-state index >= 15 is 0 Å². The van der Waals surface area contributed by atoms with Crippen molar-refractivity contribution in [1.82, 2.24) is 0 Å². The minimum atomic E-state index is -0.520. The maximum atomic E-state index is 6.22. The molecule has 0 aliphatic carbocycles. The van der Waals surface area contributed by atoms with Crippen molar-refractivity contribution in [2.24, 2.45) is 0 Å². The van der Waals surface area contributed by atoms with E-state index in [0.29, 0.717) is 6.79 Å². The molecule has 2 nitrogen and oxygen atoms in total. The van der Waals surface area contributed by atoms with Crippen LogP contribution in [0.25, 0.3) is 0 Å². The molecule has 1 aliphatic rings. The van der Waals surface area contributed by atoms with Gasteiger partial charge in [0.05, 0.1) is 12.2 Å². The standard InChI is InChI=1S/C29H28O2P2/c1-5-13-24(14-6-1)32(25-15-7-2-8-16-25)21-28-29(31-23-30-28)22-33(26-17-9-3-10-18-26)27-19-11-4-12-20-27/h1-20,28-29H,21-23H2. The number of hydrogen-bond donors (Lipinski definition) is 0. The second kappa shape index (κ2) is 11.2. The first-order valence-corrected chi connectivity index (χ1v) is 14.4. The van der Waals surface area contributed by atoms with Crippen LogP contribution in [0.1, 0.15) is 0 Å². The Morgan fingerprint density at radius 3 is 1.00 bits per heavy atom. The molecule has 1 aliphatic heterocycles. The van der Waals surface area contributed by atoms with Gasteiger partial charge in [-0.05, 0) is 37.1 Å². The summed E-state index contributed by atoms with van der Waals surface area (Å²) in [6.45, 7) is 0.384. The van der Waals surface area contributed by atoms with Gasteiger partial charge in [0.25, 0.3) is 0 Å². The van der Waals surface area contributed by atoms with Gasteiger partial charge >= 0.3 is 0 Å². The van der Waals surface area contributed by atoms with E-state index in [2.05, 4.69) is 121 Å². The summed E-state index contributed by atoms with van der Waals surface area (Å²) >= 11 is 0. The van der Waals surface area contributed by atoms with Gasteiger partial charge in [-0.3, -0.25) is 0 Å². The first-order valence-electron chi connectivity index (χ1n) is 11.4. The molecule has 0 aromatic heterocycles. The van der Waals surface area contributed by atoms with Crippen molar-refractivity contribution in [3.8, 4) is 0 Å². The highest BCUT2D eigenvalue weighted by Crippen LogP contribution is 2.41. The molecule has 0 amide bonds. The van der Waals surface area contributed by atoms with E-state index in [1.54, 1.807) is 0 Å². The summed E-state index contributed by atoms with van der Waals surface area (Å²) in [6, 6.07) is 43.5. The summed E-state index contributed by atoms with van der Waals surface area (Å²) in [7, 11) is -1.04. The van der Waals surface area contributed by atoms with Crippen LogP contribution in [0.4, 0.5) is 0 Å². The maximum absolute atomic E-state index is 6.22. The topological polar surface area (TPSA) is 18.5 Å². The molecule has 33 heavy (non-hydrogen) atoms. The molecule has 4 aromatic carbocycles. The van der Waals surface area contributed by atoms with Crippen LogP contribution in [-0.2, 0) is 9.47 Å². The summed E-state index contributed by atoms with van der Waals surface area (Å²) in [5, 5.41) is 5.56. The number of benzene rings is 4. The second-order valence-electron chi connectivity index (χ2n) is 8.09. The van der Waals surface area contributed by atoms with Crippen molar-refractivity contribution in [1.29, 1.82) is 0 Å². The van der Waals surface area contributed by atoms with Crippen molar-refractivity contribution in [3.05, 3.63) is 121 Å². The van der Waals surface area contributed by atoms with Gasteiger partial charge in [0.2, 0.25) is 0 Å². The van der Waals surface area contributed by atoms with E-state index in [-0.39, 0.29) is 12.2 Å². The molecule has 2 atom stereocenters. The molecule has 5 rings (SSSR count). The lowest BCUT2D eigenvalue weighted by molar-refractivity contribution is 0.0442. The van der Waals surface area contributed by atoms with Gasteiger partial charge in [-0.25, -0.2) is 0 Å². The fourth-order valence-corrected chi connectivity index (χ4v) is 9.25. The Balaban J connectivity index is 1.40. The van der Waals surface area contributed by atoms with Crippen molar-refractivity contribution in [2.45, 2.75) is 12.2 Å². The average Bonchev–Trinajstić information content (AvgIpc) is 3.34. The van der Waals surface area contributed by atoms with E-state index < -0.39 is 15.8 Å². The van der Waals surface area contributed by atoms with Crippen molar-refractivity contribution >= 4 is 37.1 Å². The monoisotopic (exact) mass is 470 g/mol. The molecule has 0 radical (unpaired) electrons. The summed E-state index contributed by atoms with van der Waals surface area (Å²) in [4.78, 5) is 0. The largest absolute Gasteiger partial charge is 0.349 e. The van der Waals surface area contributed by atoms with Crippen molar-refractivity contribution < 1.29 is 9.47 Å². The molecule has 1 fully saturated rings. The fraction of sp³-hybridized carbons (Fsp3) is 0.172. The number of rotatable bonds is 8. The Morgan fingerprint density at radius 2 is 0.727 bits per heavy atom. The van der Waals surface area contributed by atoms with Crippen LogP contribution in [0.3, 0.4) is 0 Å². The lowest BCUT2D eigenvalue weighted by atomic mass is 10.3. The molecule has 4 heteroatoms. The first-order chi connectivity index (χ1) is 16.4. The van der Waals surface area contributed by atoms with Crippen LogP contribution in [0.15, 0.2) is 121 Å². The van der Waals surface area contributed by atoms with Crippen LogP contribution in [0, 0.1) is 0 Å². The quantitative estimate of drug-likeness (QED) is 0.338. The van der Waals surface area contributed by atoms with Crippen LogP contribution < -0.4 is 21.2 Å². The third kappa shape index (κ3) is 5.60. The highest BCUT2D eigenvalue weighted by atomic mass is 31.1. The SMILES string of the molecule is c1ccc(P(CC2OCOC2CP(c2ccccc2)c2ccccc2)c2ccccc2)cc1. The first kappa shape index (κ1) is 22.5. The van der Waals surface area contributed by atoms with Crippen molar-refractivity contribution in [3.63, 3.8) is 0 Å². The minimum absolute atomic E-state index is 0.0916. The molecule has 166 valence electrons. The molecular weight excluding hydrogens is 442 g/mol. The lowest BCUT2D eigenvalue weighted by Crippen LogP contribution is -2.33. The van der Waals surface area contributed by atoms with Gasteiger partial charge in [-0.15, -0.1) is 0 Å². The summed E-state index contributed by atoms with van der Waals surface area (Å²) < 4.78 is 12.4. The van der Waals surface area contributed by atoms with Crippen LogP contribution in [0.5, 0.6) is 0 Å². The Morgan fingerprint density at radius 1 is 0.455 bits per heavy atom. The van der Waals surface area contributed by atoms with Gasteiger partial charge in [-0.1, -0.05) is 121 Å². The number of hydrogen-bond acceptors (Lipinski definition) is 2. The Hall–Kier alpha value is -2.34. The molecule has 0 spiro atoms. The summed E-state index contributed by atoms with van der Waals surface area (Å²) in [5.41, 5.74) is 0. The molecule has 1 saturated heterocycles. The molecule has 0 saturated carbocycles. The molecular formula is C29H28O2P2. The Bertz CT molecular complexity index is 937. The highest BCUT2D eigenvalue weighted by Gasteiger charge is 2.34. The predicted molar refractivity (Wildman–Crippen MR) is 142 cm³/mol. The maximum Gasteiger partial charge on any atom is 0.147 e. The molecule has 0 N–H and O–H groups in total. The minimum Gasteiger partial charge on any atom is -0.349 e. The van der Waals surface area contributed by atoms with Gasteiger partial charge in [0.1, 0.15) is 6.79 Å². The summed E-state index contributed by atoms with van der Waals surface area (Å²) in [6.07, 6.45) is 2.13. The Labute approximate surface area is 199 Å². The van der Waals surface area contributed by atoms with Gasteiger partial charge < -0.3 is 9.47 Å². The van der Waals surface area contributed by atoms with E-state index in [4.69, 9.17) is 9.47 Å². The normalized spacial score (nSPS) is 18.1. The van der Waals surface area contributed by atoms with E-state index in [1.807, 2.05) is 0 Å². The third-order valence-electron chi connectivity index (χ3n) is 5.98. The summed E-state index contributed by atoms with van der Waals surface area (Å²) in [5.74, 6) is 0. The predicted octanol–water partition coefficient (Wildman–Crippen LogP) is 4.99. The smallest absolute Gasteiger partial charge is 0.147 e. The third-order valence-corrected chi connectivity index (χ3v) is 11.1. The van der Waals surface area contributed by atoms with Crippen molar-refractivity contribution in [2.75, 3.05) is 19.1 Å². The molecule has 1 heterocycles. The lowest BCUT2D eigenvalue weighted by Gasteiger charge is -2.27. The van der Waals surface area contributed by atoms with Crippen LogP contribution in [-0.4, -0.2) is 31.3 Å². The van der Waals surface area contributed by atoms with Gasteiger partial charge in [0.15, 0.2) is 0 Å². The van der Waals surface area contributed by atoms with Crippen LogP contribution in [0.2, 0.25) is 0 Å². The Kier molecular flexibility index (Phi) is 7.61. The second-order valence-corrected chi connectivity index (χ2v) is 12.6. The number of ether oxygens (including phenoxy) is 2. The zero-order valence-electron chi connectivity index (χ0n) is 18.5. The molecule has 2 unspecified atom stereocenters.